The molecular weight excluding hydrogens is 679 g/mol. The van der Waals surface area contributed by atoms with Gasteiger partial charge in [-0.05, 0) is 50.3 Å². The van der Waals surface area contributed by atoms with Crippen LogP contribution in [-0.4, -0.2) is 99.2 Å². The number of carbonyl (C=O) groups is 3. The summed E-state index contributed by atoms with van der Waals surface area (Å²) in [5.41, 5.74) is 2.29. The van der Waals surface area contributed by atoms with Gasteiger partial charge in [-0.15, -0.1) is 11.3 Å². The lowest BCUT2D eigenvalue weighted by Crippen LogP contribution is -2.63. The Morgan fingerprint density at radius 3 is 2.40 bits per heavy atom. The van der Waals surface area contributed by atoms with Gasteiger partial charge in [-0.1, -0.05) is 64.1 Å². The molecule has 52 heavy (non-hydrogen) atoms. The summed E-state index contributed by atoms with van der Waals surface area (Å²) in [7, 11) is 0. The summed E-state index contributed by atoms with van der Waals surface area (Å²) >= 11 is 1.53. The second kappa shape index (κ2) is 19.2. The molecule has 4 rings (SSSR count). The molecule has 13 heteroatoms. The molecule has 3 heterocycles. The molecule has 3 amide bonds. The van der Waals surface area contributed by atoms with Gasteiger partial charge in [-0.25, -0.2) is 9.78 Å². The van der Waals surface area contributed by atoms with Crippen molar-refractivity contribution in [2.75, 3.05) is 32.7 Å². The number of thiazole rings is 1. The molecule has 1 aromatic carbocycles. The number of amides is 3. The van der Waals surface area contributed by atoms with Crippen LogP contribution >= 0.6 is 11.3 Å². The van der Waals surface area contributed by atoms with Crippen LogP contribution in [0.2, 0.25) is 0 Å². The lowest BCUT2D eigenvalue weighted by Gasteiger charge is -2.43. The minimum atomic E-state index is -0.987. The molecule has 0 saturated carbocycles. The molecule has 0 bridgehead atoms. The third kappa shape index (κ3) is 12.9. The van der Waals surface area contributed by atoms with E-state index in [0.717, 1.165) is 16.1 Å². The van der Waals surface area contributed by atoms with E-state index in [1.165, 1.54) is 11.3 Å². The number of aliphatic hydroxyl groups excluding tert-OH is 1. The highest BCUT2D eigenvalue weighted by Crippen LogP contribution is 2.21. The number of pyridine rings is 1. The zero-order valence-corrected chi connectivity index (χ0v) is 32.5. The van der Waals surface area contributed by atoms with Crippen molar-refractivity contribution in [2.24, 2.45) is 11.8 Å². The van der Waals surface area contributed by atoms with Crippen molar-refractivity contribution in [3.63, 3.8) is 0 Å². The van der Waals surface area contributed by atoms with Crippen LogP contribution in [0.25, 0.3) is 0 Å². The van der Waals surface area contributed by atoms with E-state index < -0.39 is 35.7 Å². The maximum atomic E-state index is 13.9. The molecular formula is C39H57N7O5S. The SMILES string of the molecule is CC(C)c1nc(COC(=O)NC[C@@H](C(=O)N[C@H](Cc2ccccc2)[C@@H](O)CN2CCN(Cc3cccnc3)C[C@@H]2C(=O)NC(C)(C)C)C(C)C)cs1. The predicted octanol–water partition coefficient (Wildman–Crippen LogP) is 4.35. The van der Waals surface area contributed by atoms with Crippen LogP contribution in [0, 0.1) is 11.8 Å². The van der Waals surface area contributed by atoms with Crippen molar-refractivity contribution >= 4 is 29.2 Å². The maximum Gasteiger partial charge on any atom is 0.407 e. The summed E-state index contributed by atoms with van der Waals surface area (Å²) in [5.74, 6) is -0.775. The first kappa shape index (κ1) is 40.9. The van der Waals surface area contributed by atoms with Crippen LogP contribution < -0.4 is 16.0 Å². The highest BCUT2D eigenvalue weighted by atomic mass is 32.1. The molecule has 3 aromatic rings. The van der Waals surface area contributed by atoms with Gasteiger partial charge in [0.25, 0.3) is 0 Å². The molecule has 12 nitrogen and oxygen atoms in total. The predicted molar refractivity (Wildman–Crippen MR) is 204 cm³/mol. The van der Waals surface area contributed by atoms with Crippen LogP contribution in [0.15, 0.2) is 60.2 Å². The normalized spacial score (nSPS) is 17.4. The van der Waals surface area contributed by atoms with E-state index in [4.69, 9.17) is 4.74 Å². The number of nitrogens with zero attached hydrogens (tertiary/aromatic N) is 4. The lowest BCUT2D eigenvalue weighted by molar-refractivity contribution is -0.132. The molecule has 0 aliphatic carbocycles. The van der Waals surface area contributed by atoms with Crippen molar-refractivity contribution in [2.45, 2.75) is 97.7 Å². The Morgan fingerprint density at radius 1 is 1.04 bits per heavy atom. The Bertz CT molecular complexity index is 1560. The van der Waals surface area contributed by atoms with Crippen LogP contribution in [0.3, 0.4) is 0 Å². The van der Waals surface area contributed by atoms with Gasteiger partial charge in [0.05, 0.1) is 28.8 Å². The first-order valence-corrected chi connectivity index (χ1v) is 19.1. The summed E-state index contributed by atoms with van der Waals surface area (Å²) in [6, 6.07) is 12.5. The van der Waals surface area contributed by atoms with Crippen LogP contribution in [-0.2, 0) is 33.9 Å². The van der Waals surface area contributed by atoms with Crippen LogP contribution in [0.1, 0.15) is 76.2 Å². The fourth-order valence-corrected chi connectivity index (χ4v) is 6.99. The molecule has 0 unspecified atom stereocenters. The van der Waals surface area contributed by atoms with E-state index in [1.54, 1.807) is 6.20 Å². The number of β-amino-alcohol motifs (C(OH)–C–C–N with tert-alkyl or cyclic N) is 1. The summed E-state index contributed by atoms with van der Waals surface area (Å²) in [4.78, 5) is 53.2. The number of piperazine rings is 1. The molecule has 0 spiro atoms. The Balaban J connectivity index is 1.44. The summed E-state index contributed by atoms with van der Waals surface area (Å²) < 4.78 is 5.39. The number of rotatable bonds is 16. The Hall–Kier alpha value is -3.91. The standard InChI is InChI=1S/C39H57N7O5S/c1-26(2)31(20-41-38(50)51-24-30-25-52-37(42-30)27(3)4)35(48)43-32(18-28-12-9-8-10-13-28)34(47)23-46-17-16-45(21-29-14-11-15-40-19-29)22-33(46)36(49)44-39(5,6)7/h8-15,19,25-27,31-34,47H,16-18,20-24H2,1-7H3,(H,41,50)(H,43,48)(H,44,49)/t31-,32-,33-,34+/m1/s1. The topological polar surface area (TPSA) is 149 Å². The van der Waals surface area contributed by atoms with Crippen LogP contribution in [0.4, 0.5) is 4.79 Å². The van der Waals surface area contributed by atoms with Gasteiger partial charge < -0.3 is 25.8 Å². The summed E-state index contributed by atoms with van der Waals surface area (Å²) in [6.07, 6.45) is 2.36. The fraction of sp³-hybridized carbons (Fsp3) is 0.564. The van der Waals surface area contributed by atoms with Gasteiger partial charge in [0.1, 0.15) is 12.6 Å². The maximum absolute atomic E-state index is 13.9. The van der Waals surface area contributed by atoms with Crippen molar-refractivity contribution in [3.8, 4) is 0 Å². The molecule has 0 radical (unpaired) electrons. The molecule has 2 aromatic heterocycles. The second-order valence-electron chi connectivity index (χ2n) is 15.4. The average molecular weight is 736 g/mol. The smallest absolute Gasteiger partial charge is 0.407 e. The molecule has 4 N–H and O–H groups in total. The van der Waals surface area contributed by atoms with Crippen molar-refractivity contribution in [1.29, 1.82) is 0 Å². The first-order valence-electron chi connectivity index (χ1n) is 18.2. The summed E-state index contributed by atoms with van der Waals surface area (Å²) in [5, 5.41) is 23.7. The number of ether oxygens (including phenoxy) is 1. The minimum absolute atomic E-state index is 0.0471. The Labute approximate surface area is 312 Å². The molecule has 1 aliphatic rings. The van der Waals surface area contributed by atoms with Crippen molar-refractivity contribution < 1.29 is 24.2 Å². The van der Waals surface area contributed by atoms with E-state index >= 15 is 0 Å². The van der Waals surface area contributed by atoms with Crippen molar-refractivity contribution in [1.82, 2.24) is 35.7 Å². The number of carbonyl (C=O) groups excluding carboxylic acids is 3. The van der Waals surface area contributed by atoms with E-state index in [0.29, 0.717) is 44.2 Å². The average Bonchev–Trinajstić information content (AvgIpc) is 3.57. The number of benzene rings is 1. The quantitative estimate of drug-likeness (QED) is 0.169. The highest BCUT2D eigenvalue weighted by Gasteiger charge is 2.37. The molecule has 4 atom stereocenters. The van der Waals surface area contributed by atoms with E-state index in [-0.39, 0.29) is 37.4 Å². The van der Waals surface area contributed by atoms with Gasteiger partial charge in [0, 0.05) is 68.5 Å². The van der Waals surface area contributed by atoms with E-state index in [1.807, 2.05) is 93.6 Å². The zero-order chi connectivity index (χ0) is 37.8. The number of aliphatic hydroxyl groups is 1. The number of nitrogens with one attached hydrogen (secondary N) is 3. The van der Waals surface area contributed by atoms with Gasteiger partial charge in [0.15, 0.2) is 0 Å². The minimum Gasteiger partial charge on any atom is -0.443 e. The van der Waals surface area contributed by atoms with E-state index in [2.05, 4.69) is 44.7 Å². The number of hydrogen-bond acceptors (Lipinski definition) is 10. The number of alkyl carbamates (subject to hydrolysis) is 1. The highest BCUT2D eigenvalue weighted by molar-refractivity contribution is 7.09. The molecule has 1 saturated heterocycles. The summed E-state index contributed by atoms with van der Waals surface area (Å²) in [6.45, 7) is 16.5. The first-order chi connectivity index (χ1) is 24.7. The largest absolute Gasteiger partial charge is 0.443 e. The van der Waals surface area contributed by atoms with Gasteiger partial charge in [0.2, 0.25) is 11.8 Å². The Kier molecular flexibility index (Phi) is 15.1. The third-order valence-corrected chi connectivity index (χ3v) is 10.2. The van der Waals surface area contributed by atoms with Crippen molar-refractivity contribution in [3.05, 3.63) is 82.1 Å². The fourth-order valence-electron chi connectivity index (χ4n) is 6.17. The third-order valence-electron chi connectivity index (χ3n) is 9.04. The Morgan fingerprint density at radius 2 is 1.77 bits per heavy atom. The van der Waals surface area contributed by atoms with Crippen LogP contribution in [0.5, 0.6) is 0 Å². The van der Waals surface area contributed by atoms with E-state index in [9.17, 15) is 19.5 Å². The van der Waals surface area contributed by atoms with Gasteiger partial charge in [-0.3, -0.25) is 24.4 Å². The number of aromatic nitrogens is 2. The zero-order valence-electron chi connectivity index (χ0n) is 31.7. The second-order valence-corrected chi connectivity index (χ2v) is 16.2. The molecule has 284 valence electrons. The van der Waals surface area contributed by atoms with Gasteiger partial charge >= 0.3 is 6.09 Å². The lowest BCUT2D eigenvalue weighted by atomic mass is 9.93. The molecule has 1 fully saturated rings. The molecule has 1 aliphatic heterocycles. The number of hydrogen-bond donors (Lipinski definition) is 4. The monoisotopic (exact) mass is 735 g/mol. The van der Waals surface area contributed by atoms with Gasteiger partial charge in [-0.2, -0.15) is 0 Å².